The van der Waals surface area contributed by atoms with Crippen molar-refractivity contribution in [2.75, 3.05) is 6.54 Å². The first-order valence-electron chi connectivity index (χ1n) is 7.27. The summed E-state index contributed by atoms with van der Waals surface area (Å²) in [5.41, 5.74) is 1.75. The van der Waals surface area contributed by atoms with Gasteiger partial charge in [0, 0.05) is 11.4 Å². The molecule has 0 aliphatic carbocycles. The maximum atomic E-state index is 12.6. The molecular weight excluding hydrogens is 300 g/mol. The lowest BCUT2D eigenvalue weighted by Gasteiger charge is -2.35. The third-order valence-electron chi connectivity index (χ3n) is 4.03. The molecule has 116 valence electrons. The number of thiophene rings is 1. The van der Waals surface area contributed by atoms with E-state index >= 15 is 0 Å². The van der Waals surface area contributed by atoms with E-state index in [1.54, 1.807) is 24.3 Å². The highest BCUT2D eigenvalue weighted by Crippen LogP contribution is 2.33. The lowest BCUT2D eigenvalue weighted by atomic mass is 10.0. The molecule has 3 heterocycles. The quantitative estimate of drug-likeness (QED) is 0.946. The molecule has 0 radical (unpaired) electrons. The van der Waals surface area contributed by atoms with Gasteiger partial charge in [0.05, 0.1) is 17.9 Å². The van der Waals surface area contributed by atoms with Crippen LogP contribution in [0.25, 0.3) is 0 Å². The predicted molar refractivity (Wildman–Crippen MR) is 83.8 cm³/mol. The van der Waals surface area contributed by atoms with Gasteiger partial charge >= 0.3 is 0 Å². The van der Waals surface area contributed by atoms with Crippen molar-refractivity contribution in [3.05, 3.63) is 46.0 Å². The summed E-state index contributed by atoms with van der Waals surface area (Å²) in [6.07, 6.45) is 3.68. The van der Waals surface area contributed by atoms with Crippen LogP contribution in [0.1, 0.15) is 40.7 Å². The zero-order valence-corrected chi connectivity index (χ0v) is 13.4. The van der Waals surface area contributed by atoms with Crippen molar-refractivity contribution < 1.29 is 14.0 Å². The Kier molecular flexibility index (Phi) is 4.02. The van der Waals surface area contributed by atoms with E-state index in [4.69, 9.17) is 4.42 Å². The Hall–Kier alpha value is -2.08. The topological polar surface area (TPSA) is 62.6 Å². The number of hydrogen-bond acceptors (Lipinski definition) is 4. The molecule has 0 bridgehead atoms. The van der Waals surface area contributed by atoms with Gasteiger partial charge in [-0.25, -0.2) is 0 Å². The van der Waals surface area contributed by atoms with Crippen molar-refractivity contribution in [1.29, 1.82) is 0 Å². The van der Waals surface area contributed by atoms with Crippen LogP contribution in [0, 0.1) is 0 Å². The highest BCUT2D eigenvalue weighted by molar-refractivity contribution is 7.10. The molecule has 1 aliphatic rings. The van der Waals surface area contributed by atoms with Crippen molar-refractivity contribution in [2.45, 2.75) is 32.4 Å². The van der Waals surface area contributed by atoms with Gasteiger partial charge in [-0.05, 0) is 43.3 Å². The van der Waals surface area contributed by atoms with Crippen molar-refractivity contribution in [2.24, 2.45) is 0 Å². The lowest BCUT2D eigenvalue weighted by Crippen LogP contribution is -2.49. The maximum absolute atomic E-state index is 12.6. The number of nitrogens with zero attached hydrogens (tertiary/aromatic N) is 1. The van der Waals surface area contributed by atoms with Crippen LogP contribution in [0.4, 0.5) is 0 Å². The lowest BCUT2D eigenvalue weighted by molar-refractivity contribution is -0.135. The van der Waals surface area contributed by atoms with Gasteiger partial charge in [-0.3, -0.25) is 9.59 Å². The molecule has 2 unspecified atom stereocenters. The molecule has 22 heavy (non-hydrogen) atoms. The van der Waals surface area contributed by atoms with E-state index in [0.29, 0.717) is 12.1 Å². The van der Waals surface area contributed by atoms with Gasteiger partial charge < -0.3 is 14.6 Å². The molecule has 0 aromatic carbocycles. The fourth-order valence-corrected chi connectivity index (χ4v) is 3.81. The molecule has 0 saturated heterocycles. The minimum atomic E-state index is -0.564. The monoisotopic (exact) mass is 318 g/mol. The zero-order chi connectivity index (χ0) is 15.7. The summed E-state index contributed by atoms with van der Waals surface area (Å²) in [5, 5.41) is 4.80. The number of carbonyl (C=O) groups is 2. The number of hydrogen-bond donors (Lipinski definition) is 1. The van der Waals surface area contributed by atoms with Crippen LogP contribution in [0.5, 0.6) is 0 Å². The predicted octanol–water partition coefficient (Wildman–Crippen LogP) is 2.61. The summed E-state index contributed by atoms with van der Waals surface area (Å²) in [6.45, 7) is 4.45. The Morgan fingerprint density at radius 3 is 3.00 bits per heavy atom. The summed E-state index contributed by atoms with van der Waals surface area (Å²) >= 11 is 1.68. The van der Waals surface area contributed by atoms with Crippen LogP contribution >= 0.6 is 11.3 Å². The largest absolute Gasteiger partial charge is 0.472 e. The molecule has 1 aliphatic heterocycles. The molecule has 2 amide bonds. The first-order valence-corrected chi connectivity index (χ1v) is 8.15. The highest BCUT2D eigenvalue weighted by atomic mass is 32.1. The van der Waals surface area contributed by atoms with E-state index in [-0.39, 0.29) is 17.9 Å². The second kappa shape index (κ2) is 5.96. The fourth-order valence-electron chi connectivity index (χ4n) is 2.78. The van der Waals surface area contributed by atoms with E-state index in [1.807, 2.05) is 11.8 Å². The van der Waals surface area contributed by atoms with Crippen molar-refractivity contribution >= 4 is 23.2 Å². The Labute approximate surface area is 132 Å². The van der Waals surface area contributed by atoms with E-state index < -0.39 is 6.04 Å². The van der Waals surface area contributed by atoms with E-state index in [1.165, 1.54) is 23.0 Å². The highest BCUT2D eigenvalue weighted by Gasteiger charge is 2.31. The van der Waals surface area contributed by atoms with Crippen LogP contribution < -0.4 is 5.32 Å². The molecule has 2 atom stereocenters. The average molecular weight is 318 g/mol. The molecule has 2 aromatic heterocycles. The van der Waals surface area contributed by atoms with Crippen LogP contribution in [0.2, 0.25) is 0 Å². The number of rotatable bonds is 3. The van der Waals surface area contributed by atoms with E-state index in [2.05, 4.69) is 16.8 Å². The third kappa shape index (κ3) is 2.66. The van der Waals surface area contributed by atoms with Crippen LogP contribution in [-0.4, -0.2) is 29.3 Å². The summed E-state index contributed by atoms with van der Waals surface area (Å²) in [4.78, 5) is 27.7. The van der Waals surface area contributed by atoms with Crippen molar-refractivity contribution in [3.8, 4) is 0 Å². The molecule has 6 heteroatoms. The van der Waals surface area contributed by atoms with E-state index in [9.17, 15) is 9.59 Å². The maximum Gasteiger partial charge on any atom is 0.255 e. The van der Waals surface area contributed by atoms with Gasteiger partial charge in [0.25, 0.3) is 5.91 Å². The van der Waals surface area contributed by atoms with Crippen LogP contribution in [-0.2, 0) is 11.2 Å². The minimum Gasteiger partial charge on any atom is -0.472 e. The molecular formula is C16H18N2O3S. The first kappa shape index (κ1) is 14.8. The van der Waals surface area contributed by atoms with E-state index in [0.717, 1.165) is 6.42 Å². The molecule has 2 aromatic rings. The average Bonchev–Trinajstić information content (AvgIpc) is 3.18. The van der Waals surface area contributed by atoms with Crippen LogP contribution in [0.3, 0.4) is 0 Å². The number of nitrogens with one attached hydrogen (secondary N) is 1. The Bertz CT molecular complexity index is 677. The number of amides is 2. The normalized spacial score (nSPS) is 18.6. The van der Waals surface area contributed by atoms with Crippen LogP contribution in [0.15, 0.2) is 34.5 Å². The van der Waals surface area contributed by atoms with Gasteiger partial charge in [-0.15, -0.1) is 11.3 Å². The second-order valence-corrected chi connectivity index (χ2v) is 6.42. The van der Waals surface area contributed by atoms with Gasteiger partial charge in [0.15, 0.2) is 0 Å². The Balaban J connectivity index is 1.67. The number of furan rings is 1. The molecule has 0 spiro atoms. The third-order valence-corrected chi connectivity index (χ3v) is 5.16. The molecule has 0 saturated carbocycles. The SMILES string of the molecule is CC(NC(=O)c1ccoc1)C(=O)N1CCc2ccsc2C1C. The second-order valence-electron chi connectivity index (χ2n) is 5.47. The summed E-state index contributed by atoms with van der Waals surface area (Å²) in [6, 6.07) is 3.20. The molecule has 1 N–H and O–H groups in total. The van der Waals surface area contributed by atoms with Gasteiger partial charge in [-0.2, -0.15) is 0 Å². The van der Waals surface area contributed by atoms with Crippen molar-refractivity contribution in [3.63, 3.8) is 0 Å². The summed E-state index contributed by atoms with van der Waals surface area (Å²) < 4.78 is 4.89. The number of fused-ring (bicyclic) bond motifs is 1. The standard InChI is InChI=1S/C16H18N2O3S/c1-10(17-15(19)13-4-7-21-9-13)16(20)18-6-3-12-5-8-22-14(12)11(18)2/h4-5,7-11H,3,6H2,1-2H3,(H,17,19). The molecule has 5 nitrogen and oxygen atoms in total. The van der Waals surface area contributed by atoms with Crippen molar-refractivity contribution in [1.82, 2.24) is 10.2 Å². The fraction of sp³-hybridized carbons (Fsp3) is 0.375. The molecule has 0 fully saturated rings. The van der Waals surface area contributed by atoms with Gasteiger partial charge in [0.2, 0.25) is 5.91 Å². The Morgan fingerprint density at radius 1 is 1.45 bits per heavy atom. The molecule has 3 rings (SSSR count). The summed E-state index contributed by atoms with van der Waals surface area (Å²) in [5.74, 6) is -0.348. The van der Waals surface area contributed by atoms with Gasteiger partial charge in [0.1, 0.15) is 12.3 Å². The smallest absolute Gasteiger partial charge is 0.255 e. The van der Waals surface area contributed by atoms with Gasteiger partial charge in [-0.1, -0.05) is 0 Å². The first-order chi connectivity index (χ1) is 10.6. The Morgan fingerprint density at radius 2 is 2.27 bits per heavy atom. The zero-order valence-electron chi connectivity index (χ0n) is 12.5. The summed E-state index contributed by atoms with van der Waals surface area (Å²) in [7, 11) is 0. The number of carbonyl (C=O) groups excluding carboxylic acids is 2. The minimum absolute atomic E-state index is 0.0524.